The van der Waals surface area contributed by atoms with E-state index in [1.807, 2.05) is 0 Å². The van der Waals surface area contributed by atoms with Crippen LogP contribution in [0.1, 0.15) is 71.1 Å². The standard InChI is InChI=1S/C15H29NO4.2Na/c1-2-3-4-5-6-7-8-9-12-16-13(15(19)20)10-11-14(17)18;;/h13,16H,2-12H2,1H3,(H,17,18)(H,19,20);;/q;2*+1/p-2/t13-;;/m0../s1. The zero-order chi connectivity index (χ0) is 15.2. The van der Waals surface area contributed by atoms with Crippen LogP contribution in [0.4, 0.5) is 0 Å². The van der Waals surface area contributed by atoms with E-state index in [0.717, 1.165) is 12.8 Å². The third kappa shape index (κ3) is 18.9. The molecule has 0 radical (unpaired) electrons. The Balaban J connectivity index is -0.00000180. The number of unbranched alkanes of at least 4 members (excludes halogenated alkanes) is 7. The van der Waals surface area contributed by atoms with Crippen LogP contribution in [0.15, 0.2) is 0 Å². The maximum Gasteiger partial charge on any atom is 1.00 e. The van der Waals surface area contributed by atoms with Crippen LogP contribution in [0.3, 0.4) is 0 Å². The number of aliphatic carboxylic acids is 2. The number of hydrogen-bond donors (Lipinski definition) is 1. The van der Waals surface area contributed by atoms with E-state index in [9.17, 15) is 19.8 Å². The molecule has 7 heteroatoms. The van der Waals surface area contributed by atoms with E-state index in [1.54, 1.807) is 0 Å². The van der Waals surface area contributed by atoms with Gasteiger partial charge in [-0.3, -0.25) is 0 Å². The Bertz CT molecular complexity index is 278. The first-order valence-corrected chi connectivity index (χ1v) is 7.72. The summed E-state index contributed by atoms with van der Waals surface area (Å²) in [4.78, 5) is 21.1. The molecule has 0 bridgehead atoms. The van der Waals surface area contributed by atoms with Crippen molar-refractivity contribution >= 4 is 11.9 Å². The molecule has 0 aliphatic rings. The van der Waals surface area contributed by atoms with E-state index in [4.69, 9.17) is 0 Å². The minimum atomic E-state index is -1.24. The fraction of sp³-hybridized carbons (Fsp3) is 0.867. The Morgan fingerprint density at radius 2 is 1.41 bits per heavy atom. The number of hydrogen-bond acceptors (Lipinski definition) is 5. The number of nitrogens with one attached hydrogen (secondary N) is 1. The molecular weight excluding hydrogens is 304 g/mol. The molecule has 0 heterocycles. The molecule has 0 aliphatic carbocycles. The van der Waals surface area contributed by atoms with Crippen LogP contribution in [0.2, 0.25) is 0 Å². The number of carbonyl (C=O) groups excluding carboxylic acids is 2. The SMILES string of the molecule is CCCCCCCCCCN[C@@H](CCC(=O)[O-])C(=O)[O-].[Na+].[Na+]. The predicted octanol–water partition coefficient (Wildman–Crippen LogP) is -5.63. The number of rotatable bonds is 14. The fourth-order valence-corrected chi connectivity index (χ4v) is 2.10. The molecule has 0 amide bonds. The molecule has 0 rings (SSSR count). The summed E-state index contributed by atoms with van der Waals surface area (Å²) in [6.45, 7) is 2.78. The maximum absolute atomic E-state index is 10.8. The Morgan fingerprint density at radius 3 is 1.86 bits per heavy atom. The van der Waals surface area contributed by atoms with Gasteiger partial charge in [-0.2, -0.15) is 0 Å². The molecule has 0 fully saturated rings. The van der Waals surface area contributed by atoms with Gasteiger partial charge in [0.15, 0.2) is 0 Å². The van der Waals surface area contributed by atoms with Crippen molar-refractivity contribution in [2.45, 2.75) is 77.2 Å². The van der Waals surface area contributed by atoms with Crippen molar-refractivity contribution in [3.05, 3.63) is 0 Å². The topological polar surface area (TPSA) is 92.3 Å². The van der Waals surface area contributed by atoms with Crippen molar-refractivity contribution in [2.24, 2.45) is 0 Å². The summed E-state index contributed by atoms with van der Waals surface area (Å²) in [6, 6.07) is -0.891. The average Bonchev–Trinajstić information content (AvgIpc) is 2.39. The number of carbonyl (C=O) groups is 2. The van der Waals surface area contributed by atoms with Crippen molar-refractivity contribution in [3.63, 3.8) is 0 Å². The summed E-state index contributed by atoms with van der Waals surface area (Å²) in [5.74, 6) is -2.48. The van der Waals surface area contributed by atoms with Crippen LogP contribution in [-0.4, -0.2) is 24.5 Å². The monoisotopic (exact) mass is 331 g/mol. The van der Waals surface area contributed by atoms with E-state index >= 15 is 0 Å². The molecule has 1 N–H and O–H groups in total. The van der Waals surface area contributed by atoms with Gasteiger partial charge in [-0.15, -0.1) is 0 Å². The van der Waals surface area contributed by atoms with Gasteiger partial charge in [-0.05, 0) is 25.8 Å². The summed E-state index contributed by atoms with van der Waals surface area (Å²) >= 11 is 0. The van der Waals surface area contributed by atoms with Gasteiger partial charge >= 0.3 is 59.1 Å². The normalized spacial score (nSPS) is 11.1. The van der Waals surface area contributed by atoms with Crippen molar-refractivity contribution in [1.29, 1.82) is 0 Å². The Kier molecular flexibility index (Phi) is 25.1. The molecular formula is C15H27NNa2O4. The smallest absolute Gasteiger partial charge is 0.550 e. The van der Waals surface area contributed by atoms with Crippen molar-refractivity contribution < 1.29 is 78.9 Å². The minimum absolute atomic E-state index is 0. The van der Waals surface area contributed by atoms with Crippen LogP contribution in [-0.2, 0) is 9.59 Å². The second kappa shape index (κ2) is 19.9. The zero-order valence-electron chi connectivity index (χ0n) is 14.5. The molecule has 22 heavy (non-hydrogen) atoms. The largest absolute Gasteiger partial charge is 1.00 e. The molecule has 5 nitrogen and oxygen atoms in total. The van der Waals surface area contributed by atoms with E-state index in [-0.39, 0.29) is 72.0 Å². The first-order chi connectivity index (χ1) is 9.57. The molecule has 0 saturated carbocycles. The van der Waals surface area contributed by atoms with Crippen LogP contribution >= 0.6 is 0 Å². The summed E-state index contributed by atoms with van der Waals surface area (Å²) < 4.78 is 0. The van der Waals surface area contributed by atoms with Gasteiger partial charge in [0.1, 0.15) is 0 Å². The van der Waals surface area contributed by atoms with Gasteiger partial charge in [0, 0.05) is 12.0 Å². The Morgan fingerprint density at radius 1 is 0.909 bits per heavy atom. The number of carboxylic acids is 2. The summed E-state index contributed by atoms with van der Waals surface area (Å²) in [5, 5.41) is 23.9. The Labute approximate surface area is 178 Å². The molecule has 0 aliphatic heterocycles. The zero-order valence-corrected chi connectivity index (χ0v) is 18.5. The van der Waals surface area contributed by atoms with Gasteiger partial charge in [0.2, 0.25) is 0 Å². The van der Waals surface area contributed by atoms with Gasteiger partial charge in [-0.25, -0.2) is 0 Å². The molecule has 1 atom stereocenters. The molecule has 0 aromatic heterocycles. The van der Waals surface area contributed by atoms with Crippen molar-refractivity contribution in [1.82, 2.24) is 5.32 Å². The second-order valence-corrected chi connectivity index (χ2v) is 5.21. The first kappa shape index (κ1) is 27.7. The van der Waals surface area contributed by atoms with Crippen LogP contribution in [0, 0.1) is 0 Å². The third-order valence-electron chi connectivity index (χ3n) is 3.34. The third-order valence-corrected chi connectivity index (χ3v) is 3.34. The quantitative estimate of drug-likeness (QED) is 0.253. The fourth-order valence-electron chi connectivity index (χ4n) is 2.10. The van der Waals surface area contributed by atoms with E-state index in [0.29, 0.717) is 6.54 Å². The van der Waals surface area contributed by atoms with Crippen molar-refractivity contribution in [3.8, 4) is 0 Å². The summed E-state index contributed by atoms with van der Waals surface area (Å²) in [5.41, 5.74) is 0. The number of carboxylic acid groups (broad SMARTS) is 2. The van der Waals surface area contributed by atoms with Gasteiger partial charge < -0.3 is 25.1 Å². The van der Waals surface area contributed by atoms with E-state index in [1.165, 1.54) is 38.5 Å². The molecule has 0 aromatic rings. The Hall–Kier alpha value is 0.900. The van der Waals surface area contributed by atoms with Crippen LogP contribution < -0.4 is 74.6 Å². The van der Waals surface area contributed by atoms with E-state index < -0.39 is 18.0 Å². The maximum atomic E-state index is 10.8. The van der Waals surface area contributed by atoms with Gasteiger partial charge in [0.05, 0.1) is 5.97 Å². The molecule has 0 saturated heterocycles. The van der Waals surface area contributed by atoms with E-state index in [2.05, 4.69) is 12.2 Å². The minimum Gasteiger partial charge on any atom is -0.550 e. The molecule has 0 unspecified atom stereocenters. The second-order valence-electron chi connectivity index (χ2n) is 5.21. The molecule has 0 spiro atoms. The molecule has 118 valence electrons. The first-order valence-electron chi connectivity index (χ1n) is 7.72. The van der Waals surface area contributed by atoms with Crippen LogP contribution in [0.5, 0.6) is 0 Å². The van der Waals surface area contributed by atoms with Gasteiger partial charge in [-0.1, -0.05) is 51.9 Å². The summed E-state index contributed by atoms with van der Waals surface area (Å²) in [6.07, 6.45) is 9.25. The van der Waals surface area contributed by atoms with Crippen molar-refractivity contribution in [2.75, 3.05) is 6.54 Å². The van der Waals surface area contributed by atoms with Crippen LogP contribution in [0.25, 0.3) is 0 Å². The van der Waals surface area contributed by atoms with Gasteiger partial charge in [0.25, 0.3) is 0 Å². The molecule has 0 aromatic carbocycles. The average molecular weight is 331 g/mol. The predicted molar refractivity (Wildman–Crippen MR) is 73.6 cm³/mol. The summed E-state index contributed by atoms with van der Waals surface area (Å²) in [7, 11) is 0.